The normalized spacial score (nSPS) is 46.3. The minimum Gasteiger partial charge on any atom is -0.407 e. The molecule has 146 valence electrons. The Morgan fingerprint density at radius 2 is 0.720 bits per heavy atom. The molecular formula is C21H42O2Y2-2. The zero-order valence-electron chi connectivity index (χ0n) is 17.2. The Kier molecular flexibility index (Phi) is 18.0. The SMILES string of the molecule is C.[CH2-][C@H]1O[C@@H](C)[C@H](C)[C@@H](C)[C@@H]1C.[CH2-][C@H]1O[C@H](C)[C@H](C)[C@@H](C)[C@@H]1C.[Y].[Y]. The van der Waals surface area contributed by atoms with Crippen LogP contribution < -0.4 is 0 Å². The van der Waals surface area contributed by atoms with Crippen molar-refractivity contribution in [2.75, 3.05) is 0 Å². The predicted octanol–water partition coefficient (Wildman–Crippen LogP) is 5.66. The fraction of sp³-hybridized carbons (Fsp3) is 0.905. The number of ether oxygens (including phenoxy) is 2. The van der Waals surface area contributed by atoms with E-state index in [0.717, 1.165) is 11.8 Å². The molecule has 2 aliphatic heterocycles. The maximum atomic E-state index is 5.67. The summed E-state index contributed by atoms with van der Waals surface area (Å²) in [4.78, 5) is 0. The molecule has 2 saturated heterocycles. The maximum absolute atomic E-state index is 5.67. The molecule has 2 nitrogen and oxygen atoms in total. The zero-order valence-corrected chi connectivity index (χ0v) is 22.8. The molecule has 25 heavy (non-hydrogen) atoms. The molecule has 0 N–H and O–H groups in total. The van der Waals surface area contributed by atoms with E-state index in [2.05, 4.69) is 69.2 Å². The number of hydrogen-bond acceptors (Lipinski definition) is 2. The van der Waals surface area contributed by atoms with Crippen molar-refractivity contribution in [1.82, 2.24) is 0 Å². The average molecular weight is 504 g/mol. The van der Waals surface area contributed by atoms with Gasteiger partial charge in [0.15, 0.2) is 0 Å². The molecule has 10 atom stereocenters. The first-order valence-electron chi connectivity index (χ1n) is 9.04. The van der Waals surface area contributed by atoms with Crippen LogP contribution in [0.1, 0.15) is 62.8 Å². The van der Waals surface area contributed by atoms with Crippen LogP contribution in [0.2, 0.25) is 0 Å². The van der Waals surface area contributed by atoms with E-state index in [4.69, 9.17) is 9.47 Å². The van der Waals surface area contributed by atoms with Gasteiger partial charge in [0, 0.05) is 65.4 Å². The summed E-state index contributed by atoms with van der Waals surface area (Å²) in [5.41, 5.74) is 0. The van der Waals surface area contributed by atoms with Crippen LogP contribution in [0.3, 0.4) is 0 Å². The van der Waals surface area contributed by atoms with Gasteiger partial charge in [-0.1, -0.05) is 61.2 Å². The average Bonchev–Trinajstić information content (AvgIpc) is 2.47. The molecule has 0 bridgehead atoms. The molecule has 2 rings (SSSR count). The molecule has 2 fully saturated rings. The van der Waals surface area contributed by atoms with E-state index in [0.29, 0.717) is 35.9 Å². The first-order chi connectivity index (χ1) is 10.1. The van der Waals surface area contributed by atoms with Crippen LogP contribution in [0.5, 0.6) is 0 Å². The van der Waals surface area contributed by atoms with E-state index in [1.165, 1.54) is 0 Å². The molecule has 0 spiro atoms. The van der Waals surface area contributed by atoms with Gasteiger partial charge in [0.25, 0.3) is 0 Å². The third-order valence-electron chi connectivity index (χ3n) is 6.75. The fourth-order valence-electron chi connectivity index (χ4n) is 3.54. The van der Waals surface area contributed by atoms with Gasteiger partial charge in [-0.25, -0.2) is 0 Å². The molecule has 0 aromatic rings. The second kappa shape index (κ2) is 14.2. The van der Waals surface area contributed by atoms with Gasteiger partial charge in [0.1, 0.15) is 0 Å². The second-order valence-corrected chi connectivity index (χ2v) is 7.91. The number of rotatable bonds is 0. The molecular weight excluding hydrogens is 462 g/mol. The molecule has 2 radical (unpaired) electrons. The standard InChI is InChI=1S/2C10H19O.CH4.2Y/c2*1-6-7(2)9(4)11-10(5)8(6)3;;;/h2*6-10H,4H2,1-3,5H3;1H4;;/q2*-1;;;/t6-,7-,8+,9+,10+;6-,7-,8+,9+,10-;;;/m00.../s1. The molecule has 4 heteroatoms. The molecule has 2 heterocycles. The predicted molar refractivity (Wildman–Crippen MR) is 101 cm³/mol. The third-order valence-corrected chi connectivity index (χ3v) is 6.75. The van der Waals surface area contributed by atoms with E-state index in [1.54, 1.807) is 0 Å². The van der Waals surface area contributed by atoms with Crippen molar-refractivity contribution in [3.8, 4) is 0 Å². The van der Waals surface area contributed by atoms with Gasteiger partial charge in [-0.15, -0.1) is 0 Å². The zero-order chi connectivity index (χ0) is 17.2. The summed E-state index contributed by atoms with van der Waals surface area (Å²) in [6.45, 7) is 25.8. The van der Waals surface area contributed by atoms with Crippen LogP contribution >= 0.6 is 0 Å². The fourth-order valence-corrected chi connectivity index (χ4v) is 3.54. The van der Waals surface area contributed by atoms with Crippen molar-refractivity contribution in [2.24, 2.45) is 35.5 Å². The number of hydrogen-bond donors (Lipinski definition) is 0. The van der Waals surface area contributed by atoms with Crippen LogP contribution in [0.25, 0.3) is 0 Å². The van der Waals surface area contributed by atoms with Crippen molar-refractivity contribution in [2.45, 2.75) is 87.2 Å². The largest absolute Gasteiger partial charge is 0.407 e. The molecule has 0 unspecified atom stereocenters. The summed E-state index contributed by atoms with van der Waals surface area (Å²) < 4.78 is 11.3. The first-order valence-corrected chi connectivity index (χ1v) is 9.04. The topological polar surface area (TPSA) is 18.5 Å². The summed E-state index contributed by atoms with van der Waals surface area (Å²) in [7, 11) is 0. The van der Waals surface area contributed by atoms with Gasteiger partial charge in [0.05, 0.1) is 12.2 Å². The maximum Gasteiger partial charge on any atom is 0.0543 e. The Balaban J connectivity index is -0.000000346. The summed E-state index contributed by atoms with van der Waals surface area (Å²) in [5, 5.41) is 0. The monoisotopic (exact) mass is 504 g/mol. The van der Waals surface area contributed by atoms with E-state index in [9.17, 15) is 0 Å². The van der Waals surface area contributed by atoms with Gasteiger partial charge in [-0.3, -0.25) is 0 Å². The molecule has 0 amide bonds. The van der Waals surface area contributed by atoms with Crippen LogP contribution in [-0.4, -0.2) is 24.4 Å². The Hall–Kier alpha value is 2.13. The van der Waals surface area contributed by atoms with E-state index in [1.807, 2.05) is 0 Å². The van der Waals surface area contributed by atoms with Gasteiger partial charge in [-0.2, -0.15) is 0 Å². The van der Waals surface area contributed by atoms with E-state index in [-0.39, 0.29) is 85.1 Å². The Labute approximate surface area is 209 Å². The van der Waals surface area contributed by atoms with E-state index < -0.39 is 0 Å². The van der Waals surface area contributed by atoms with Gasteiger partial charge in [0.2, 0.25) is 0 Å². The van der Waals surface area contributed by atoms with Crippen molar-refractivity contribution in [1.29, 1.82) is 0 Å². The van der Waals surface area contributed by atoms with Crippen molar-refractivity contribution >= 4 is 0 Å². The van der Waals surface area contributed by atoms with Gasteiger partial charge in [-0.05, 0) is 49.4 Å². The Morgan fingerprint density at radius 1 is 0.480 bits per heavy atom. The summed E-state index contributed by atoms with van der Waals surface area (Å²) in [6, 6.07) is 0. The van der Waals surface area contributed by atoms with E-state index >= 15 is 0 Å². The minimum atomic E-state index is 0. The molecule has 0 saturated carbocycles. The summed E-state index contributed by atoms with van der Waals surface area (Å²) in [6.07, 6.45) is 1.14. The summed E-state index contributed by atoms with van der Waals surface area (Å²) in [5.74, 6) is 4.01. The van der Waals surface area contributed by atoms with Crippen LogP contribution in [0, 0.1) is 49.4 Å². The van der Waals surface area contributed by atoms with Crippen LogP contribution in [-0.2, 0) is 74.9 Å². The molecule has 0 aromatic heterocycles. The molecule has 0 aliphatic carbocycles. The third kappa shape index (κ3) is 8.57. The minimum absolute atomic E-state index is 0. The van der Waals surface area contributed by atoms with Crippen molar-refractivity contribution in [3.63, 3.8) is 0 Å². The second-order valence-electron chi connectivity index (χ2n) is 7.91. The van der Waals surface area contributed by atoms with Gasteiger partial charge < -0.3 is 23.3 Å². The summed E-state index contributed by atoms with van der Waals surface area (Å²) >= 11 is 0. The molecule has 0 aromatic carbocycles. The molecule has 2 aliphatic rings. The Bertz CT molecular complexity index is 280. The van der Waals surface area contributed by atoms with Gasteiger partial charge >= 0.3 is 0 Å². The van der Waals surface area contributed by atoms with Crippen molar-refractivity contribution < 1.29 is 74.9 Å². The quantitative estimate of drug-likeness (QED) is 0.397. The first kappa shape index (κ1) is 31.8. The van der Waals surface area contributed by atoms with Crippen LogP contribution in [0.15, 0.2) is 0 Å². The smallest absolute Gasteiger partial charge is 0.0543 e. The Morgan fingerprint density at radius 3 is 0.960 bits per heavy atom. The van der Waals surface area contributed by atoms with Crippen LogP contribution in [0.4, 0.5) is 0 Å². The van der Waals surface area contributed by atoms with Crippen molar-refractivity contribution in [3.05, 3.63) is 13.8 Å².